The lowest BCUT2D eigenvalue weighted by Gasteiger charge is -2.11. The molecule has 0 saturated heterocycles. The second kappa shape index (κ2) is 12.7. The Morgan fingerprint density at radius 3 is 1.36 bits per heavy atom. The Hall–Kier alpha value is -6.78. The number of aromatic nitrogens is 4. The van der Waals surface area contributed by atoms with Gasteiger partial charge >= 0.3 is 0 Å². The number of nitrogens with zero attached hydrogens (tertiary/aromatic N) is 4. The first-order chi connectivity index (χ1) is 24.8. The smallest absolute Gasteiger partial charge is 0.164 e. The predicted octanol–water partition coefficient (Wildman–Crippen LogP) is 11.6. The molecule has 0 bridgehead atoms. The van der Waals surface area contributed by atoms with Gasteiger partial charge in [0.1, 0.15) is 0 Å². The number of hydrogen-bond acceptors (Lipinski definition) is 4. The second-order valence-corrected chi connectivity index (χ2v) is 12.3. The maximum absolute atomic E-state index is 5.03. The quantitative estimate of drug-likeness (QED) is 0.182. The lowest BCUT2D eigenvalue weighted by Crippen LogP contribution is -2.00. The maximum atomic E-state index is 5.03. The van der Waals surface area contributed by atoms with Crippen molar-refractivity contribution in [3.63, 3.8) is 0 Å². The highest BCUT2D eigenvalue weighted by Crippen LogP contribution is 2.33. The van der Waals surface area contributed by atoms with E-state index < -0.39 is 0 Å². The molecule has 0 aliphatic rings. The summed E-state index contributed by atoms with van der Waals surface area (Å²) in [6.45, 7) is 0. The van der Waals surface area contributed by atoms with E-state index in [9.17, 15) is 0 Å². The van der Waals surface area contributed by atoms with Crippen molar-refractivity contribution < 1.29 is 0 Å². The summed E-state index contributed by atoms with van der Waals surface area (Å²) < 4.78 is 0. The van der Waals surface area contributed by atoms with Gasteiger partial charge in [0, 0.05) is 33.8 Å². The third-order valence-corrected chi connectivity index (χ3v) is 9.22. The van der Waals surface area contributed by atoms with Gasteiger partial charge in [0.25, 0.3) is 0 Å². The zero-order valence-corrected chi connectivity index (χ0v) is 27.1. The van der Waals surface area contributed by atoms with Crippen LogP contribution < -0.4 is 0 Å². The molecule has 0 N–H and O–H groups in total. The topological polar surface area (TPSA) is 51.6 Å². The van der Waals surface area contributed by atoms with Crippen LogP contribution in [0.25, 0.3) is 89.2 Å². The molecule has 0 aliphatic heterocycles. The summed E-state index contributed by atoms with van der Waals surface area (Å²) in [6.07, 6.45) is 1.84. The number of hydrogen-bond donors (Lipinski definition) is 0. The van der Waals surface area contributed by atoms with Crippen LogP contribution in [-0.4, -0.2) is 19.9 Å². The van der Waals surface area contributed by atoms with Gasteiger partial charge < -0.3 is 0 Å². The Kier molecular flexibility index (Phi) is 7.45. The predicted molar refractivity (Wildman–Crippen MR) is 205 cm³/mol. The highest BCUT2D eigenvalue weighted by Gasteiger charge is 2.14. The molecular weight excluding hydrogens is 609 g/mol. The third kappa shape index (κ3) is 5.59. The summed E-state index contributed by atoms with van der Waals surface area (Å²) in [6, 6.07) is 61.0. The molecule has 2 heterocycles. The van der Waals surface area contributed by atoms with Gasteiger partial charge in [0.15, 0.2) is 17.5 Å². The Morgan fingerprint density at radius 2 is 0.720 bits per heavy atom. The number of para-hydroxylation sites is 1. The standard InChI is InChI=1S/C46H30N4/c1-2-9-31(10-3-1)32-18-24-37(25-19-32)44-48-45(38-26-20-34(21-27-38)41-16-6-12-33-11-4-5-15-40(33)41)50-46(49-44)39-28-22-35(23-29-39)42-17-7-13-36-14-8-30-47-43(36)42/h1-30H. The molecule has 0 amide bonds. The Morgan fingerprint density at radius 1 is 0.280 bits per heavy atom. The Labute approximate surface area is 290 Å². The largest absolute Gasteiger partial charge is 0.256 e. The van der Waals surface area contributed by atoms with E-state index in [4.69, 9.17) is 15.0 Å². The molecule has 0 atom stereocenters. The summed E-state index contributed by atoms with van der Waals surface area (Å²) in [5.41, 5.74) is 10.6. The first-order valence-electron chi connectivity index (χ1n) is 16.7. The zero-order chi connectivity index (χ0) is 33.3. The molecule has 4 heteroatoms. The van der Waals surface area contributed by atoms with Gasteiger partial charge in [0.05, 0.1) is 5.52 Å². The second-order valence-electron chi connectivity index (χ2n) is 12.3. The van der Waals surface area contributed by atoms with Crippen LogP contribution in [0.4, 0.5) is 0 Å². The highest BCUT2D eigenvalue weighted by atomic mass is 15.0. The Bertz CT molecular complexity index is 2460. The lowest BCUT2D eigenvalue weighted by atomic mass is 9.97. The third-order valence-electron chi connectivity index (χ3n) is 9.22. The van der Waals surface area contributed by atoms with E-state index >= 15 is 0 Å². The number of fused-ring (bicyclic) bond motifs is 2. The minimum absolute atomic E-state index is 0.623. The molecule has 2 aromatic heterocycles. The van der Waals surface area contributed by atoms with Crippen molar-refractivity contribution >= 4 is 21.7 Å². The summed E-state index contributed by atoms with van der Waals surface area (Å²) >= 11 is 0. The molecular formula is C46H30N4. The molecule has 9 aromatic rings. The average Bonchev–Trinajstić information content (AvgIpc) is 3.21. The first kappa shape index (κ1) is 29.4. The Balaban J connectivity index is 1.12. The molecule has 4 nitrogen and oxygen atoms in total. The van der Waals surface area contributed by atoms with E-state index in [2.05, 4.69) is 169 Å². The van der Waals surface area contributed by atoms with Gasteiger partial charge in [0.2, 0.25) is 0 Å². The van der Waals surface area contributed by atoms with Crippen LogP contribution in [0.2, 0.25) is 0 Å². The number of benzene rings is 7. The van der Waals surface area contributed by atoms with Crippen molar-refractivity contribution in [3.8, 4) is 67.5 Å². The minimum atomic E-state index is 0.623. The molecule has 50 heavy (non-hydrogen) atoms. The van der Waals surface area contributed by atoms with Crippen LogP contribution in [0.15, 0.2) is 182 Å². The van der Waals surface area contributed by atoms with E-state index in [1.807, 2.05) is 18.3 Å². The summed E-state index contributed by atoms with van der Waals surface area (Å²) in [7, 11) is 0. The van der Waals surface area contributed by atoms with Crippen molar-refractivity contribution in [2.24, 2.45) is 0 Å². The first-order valence-corrected chi connectivity index (χ1v) is 16.7. The van der Waals surface area contributed by atoms with E-state index in [0.717, 1.165) is 49.8 Å². The van der Waals surface area contributed by atoms with Crippen molar-refractivity contribution in [2.75, 3.05) is 0 Å². The van der Waals surface area contributed by atoms with E-state index in [1.165, 1.54) is 21.9 Å². The van der Waals surface area contributed by atoms with Gasteiger partial charge in [-0.2, -0.15) is 0 Å². The normalized spacial score (nSPS) is 11.2. The lowest BCUT2D eigenvalue weighted by molar-refractivity contribution is 1.07. The van der Waals surface area contributed by atoms with Crippen LogP contribution in [-0.2, 0) is 0 Å². The monoisotopic (exact) mass is 638 g/mol. The molecule has 0 radical (unpaired) electrons. The molecule has 9 rings (SSSR count). The van der Waals surface area contributed by atoms with E-state index in [0.29, 0.717) is 17.5 Å². The maximum Gasteiger partial charge on any atom is 0.164 e. The van der Waals surface area contributed by atoms with Gasteiger partial charge in [-0.05, 0) is 44.7 Å². The van der Waals surface area contributed by atoms with E-state index in [-0.39, 0.29) is 0 Å². The molecule has 0 saturated carbocycles. The fourth-order valence-corrected chi connectivity index (χ4v) is 6.62. The summed E-state index contributed by atoms with van der Waals surface area (Å²) in [5, 5.41) is 3.57. The SMILES string of the molecule is c1ccc(-c2ccc(-c3nc(-c4ccc(-c5cccc6ccccc56)cc4)nc(-c4ccc(-c5cccc6cccnc56)cc4)n3)cc2)cc1. The number of pyridine rings is 1. The van der Waals surface area contributed by atoms with Crippen LogP contribution in [0.5, 0.6) is 0 Å². The van der Waals surface area contributed by atoms with Crippen LogP contribution in [0.3, 0.4) is 0 Å². The molecule has 7 aromatic carbocycles. The zero-order valence-electron chi connectivity index (χ0n) is 27.1. The molecule has 0 aliphatic carbocycles. The minimum Gasteiger partial charge on any atom is -0.256 e. The van der Waals surface area contributed by atoms with Crippen molar-refractivity contribution in [2.45, 2.75) is 0 Å². The van der Waals surface area contributed by atoms with Crippen molar-refractivity contribution in [3.05, 3.63) is 182 Å². The number of rotatable bonds is 6. The summed E-state index contributed by atoms with van der Waals surface area (Å²) in [4.78, 5) is 19.7. The summed E-state index contributed by atoms with van der Waals surface area (Å²) in [5.74, 6) is 1.88. The molecule has 0 fully saturated rings. The van der Waals surface area contributed by atoms with Crippen LogP contribution in [0, 0.1) is 0 Å². The van der Waals surface area contributed by atoms with Crippen molar-refractivity contribution in [1.29, 1.82) is 0 Å². The van der Waals surface area contributed by atoms with Gasteiger partial charge in [-0.15, -0.1) is 0 Å². The molecule has 0 unspecified atom stereocenters. The fraction of sp³-hybridized carbons (Fsp3) is 0. The molecule has 0 spiro atoms. The van der Waals surface area contributed by atoms with Crippen LogP contribution >= 0.6 is 0 Å². The van der Waals surface area contributed by atoms with E-state index in [1.54, 1.807) is 0 Å². The molecule has 234 valence electrons. The van der Waals surface area contributed by atoms with Gasteiger partial charge in [-0.3, -0.25) is 4.98 Å². The van der Waals surface area contributed by atoms with Crippen molar-refractivity contribution in [1.82, 2.24) is 19.9 Å². The van der Waals surface area contributed by atoms with Gasteiger partial charge in [-0.25, -0.2) is 15.0 Å². The van der Waals surface area contributed by atoms with Gasteiger partial charge in [-0.1, -0.05) is 170 Å². The fourth-order valence-electron chi connectivity index (χ4n) is 6.62. The average molecular weight is 639 g/mol. The van der Waals surface area contributed by atoms with Crippen LogP contribution in [0.1, 0.15) is 0 Å². The highest BCUT2D eigenvalue weighted by molar-refractivity contribution is 5.97.